The highest BCUT2D eigenvalue weighted by Crippen LogP contribution is 2.35. The highest BCUT2D eigenvalue weighted by molar-refractivity contribution is 5.30. The largest absolute Gasteiger partial charge is 0.573 e. The summed E-state index contributed by atoms with van der Waals surface area (Å²) in [4.78, 5) is 0. The Bertz CT molecular complexity index is 460. The van der Waals surface area contributed by atoms with Gasteiger partial charge in [-0.15, -0.1) is 13.2 Å². The fraction of sp³-hybridized carbons (Fsp3) is 0.600. The molecule has 3 nitrogen and oxygen atoms in total. The summed E-state index contributed by atoms with van der Waals surface area (Å²) in [5.41, 5.74) is 0.736. The van der Waals surface area contributed by atoms with Crippen LogP contribution >= 0.6 is 0 Å². The van der Waals surface area contributed by atoms with Crippen molar-refractivity contribution < 1.29 is 23.0 Å². The van der Waals surface area contributed by atoms with Crippen LogP contribution in [0.3, 0.4) is 0 Å². The fourth-order valence-electron chi connectivity index (χ4n) is 2.49. The first-order valence-electron chi connectivity index (χ1n) is 7.11. The number of hydrogen-bond acceptors (Lipinski definition) is 3. The summed E-state index contributed by atoms with van der Waals surface area (Å²) in [5.74, 6) is 0.355. The lowest BCUT2D eigenvalue weighted by Gasteiger charge is -2.23. The van der Waals surface area contributed by atoms with Crippen molar-refractivity contribution in [3.8, 4) is 5.75 Å². The number of aliphatic hydroxyl groups excluding tert-OH is 1. The van der Waals surface area contributed by atoms with Crippen LogP contribution in [0.25, 0.3) is 0 Å². The molecule has 2 unspecified atom stereocenters. The highest BCUT2D eigenvalue weighted by Gasteiger charge is 2.32. The minimum atomic E-state index is -4.68. The van der Waals surface area contributed by atoms with Crippen LogP contribution in [0.5, 0.6) is 5.75 Å². The fourth-order valence-corrected chi connectivity index (χ4v) is 2.49. The maximum Gasteiger partial charge on any atom is 0.573 e. The number of aliphatic hydroxyl groups is 1. The second-order valence-corrected chi connectivity index (χ2v) is 5.46. The van der Waals surface area contributed by atoms with E-state index in [-0.39, 0.29) is 24.4 Å². The maximum absolute atomic E-state index is 12.2. The van der Waals surface area contributed by atoms with Gasteiger partial charge < -0.3 is 15.2 Å². The third-order valence-corrected chi connectivity index (χ3v) is 3.69. The molecular weight excluding hydrogens is 283 g/mol. The van der Waals surface area contributed by atoms with Crippen LogP contribution in [0, 0.1) is 5.92 Å². The van der Waals surface area contributed by atoms with Crippen LogP contribution in [0.1, 0.15) is 37.8 Å². The first-order valence-corrected chi connectivity index (χ1v) is 7.11. The Morgan fingerprint density at radius 1 is 1.38 bits per heavy atom. The summed E-state index contributed by atoms with van der Waals surface area (Å²) in [7, 11) is 0. The lowest BCUT2D eigenvalue weighted by atomic mass is 10.0. The van der Waals surface area contributed by atoms with E-state index < -0.39 is 6.36 Å². The van der Waals surface area contributed by atoms with Crippen LogP contribution in [-0.2, 0) is 0 Å². The number of ether oxygens (including phenoxy) is 1. The normalized spacial score (nSPS) is 18.3. The highest BCUT2D eigenvalue weighted by atomic mass is 19.4. The van der Waals surface area contributed by atoms with E-state index in [9.17, 15) is 13.2 Å². The molecule has 0 amide bonds. The van der Waals surface area contributed by atoms with Gasteiger partial charge in [-0.05, 0) is 49.8 Å². The number of nitrogens with one attached hydrogen (secondary N) is 1. The second-order valence-electron chi connectivity index (χ2n) is 5.46. The molecule has 6 heteroatoms. The van der Waals surface area contributed by atoms with E-state index in [2.05, 4.69) is 10.1 Å². The topological polar surface area (TPSA) is 41.5 Å². The van der Waals surface area contributed by atoms with Crippen LogP contribution in [0.15, 0.2) is 24.3 Å². The molecular formula is C15H20F3NO2. The quantitative estimate of drug-likeness (QED) is 0.811. The summed E-state index contributed by atoms with van der Waals surface area (Å²) in [5, 5.41) is 12.5. The molecule has 21 heavy (non-hydrogen) atoms. The molecule has 2 atom stereocenters. The molecule has 2 rings (SSSR count). The summed E-state index contributed by atoms with van der Waals surface area (Å²) in [6.07, 6.45) is -1.74. The average Bonchev–Trinajstić information content (AvgIpc) is 3.20. The van der Waals surface area contributed by atoms with Gasteiger partial charge in [0.1, 0.15) is 5.75 Å². The SMILES string of the molecule is CC(NC(CCO)C1CC1)c1cccc(OC(F)(F)F)c1. The van der Waals surface area contributed by atoms with Gasteiger partial charge in [-0.2, -0.15) is 0 Å². The molecule has 0 aliphatic heterocycles. The zero-order chi connectivity index (χ0) is 15.5. The minimum absolute atomic E-state index is 0.0982. The Morgan fingerprint density at radius 3 is 2.67 bits per heavy atom. The lowest BCUT2D eigenvalue weighted by molar-refractivity contribution is -0.274. The van der Waals surface area contributed by atoms with Gasteiger partial charge in [0.05, 0.1) is 0 Å². The van der Waals surface area contributed by atoms with E-state index >= 15 is 0 Å². The van der Waals surface area contributed by atoms with E-state index in [1.165, 1.54) is 12.1 Å². The standard InChI is InChI=1S/C15H20F3NO2/c1-10(19-14(7-8-20)11-5-6-11)12-3-2-4-13(9-12)21-15(16,17)18/h2-4,9-11,14,19-20H,5-8H2,1H3. The number of halogens is 3. The lowest BCUT2D eigenvalue weighted by Crippen LogP contribution is -2.34. The Balaban J connectivity index is 2.01. The smallest absolute Gasteiger partial charge is 0.406 e. The van der Waals surface area contributed by atoms with E-state index in [0.717, 1.165) is 18.4 Å². The molecule has 118 valence electrons. The van der Waals surface area contributed by atoms with E-state index in [4.69, 9.17) is 5.11 Å². The van der Waals surface area contributed by atoms with Gasteiger partial charge in [0.2, 0.25) is 0 Å². The van der Waals surface area contributed by atoms with E-state index in [1.807, 2.05) is 6.92 Å². The summed E-state index contributed by atoms with van der Waals surface area (Å²) < 4.78 is 40.6. The zero-order valence-electron chi connectivity index (χ0n) is 11.9. The number of rotatable bonds is 7. The van der Waals surface area contributed by atoms with Crippen molar-refractivity contribution in [1.82, 2.24) is 5.32 Å². The molecule has 0 saturated heterocycles. The van der Waals surface area contributed by atoms with Gasteiger partial charge >= 0.3 is 6.36 Å². The number of alkyl halides is 3. The minimum Gasteiger partial charge on any atom is -0.406 e. The van der Waals surface area contributed by atoms with Gasteiger partial charge in [-0.1, -0.05) is 12.1 Å². The number of hydrogen-bond donors (Lipinski definition) is 2. The van der Waals surface area contributed by atoms with Crippen LogP contribution in [-0.4, -0.2) is 24.1 Å². The van der Waals surface area contributed by atoms with Gasteiger partial charge in [-0.25, -0.2) is 0 Å². The van der Waals surface area contributed by atoms with Crippen LogP contribution < -0.4 is 10.1 Å². The molecule has 1 fully saturated rings. The Morgan fingerprint density at radius 2 is 2.10 bits per heavy atom. The molecule has 1 saturated carbocycles. The van der Waals surface area contributed by atoms with Crippen LogP contribution in [0.4, 0.5) is 13.2 Å². The van der Waals surface area contributed by atoms with Crippen molar-refractivity contribution in [3.05, 3.63) is 29.8 Å². The summed E-state index contributed by atoms with van der Waals surface area (Å²) >= 11 is 0. The number of benzene rings is 1. The summed E-state index contributed by atoms with van der Waals surface area (Å²) in [6, 6.07) is 6.11. The first-order chi connectivity index (χ1) is 9.89. The molecule has 2 N–H and O–H groups in total. The average molecular weight is 303 g/mol. The van der Waals surface area contributed by atoms with Crippen molar-refractivity contribution in [1.29, 1.82) is 0 Å². The Labute approximate surface area is 122 Å². The monoisotopic (exact) mass is 303 g/mol. The van der Waals surface area contributed by atoms with Crippen molar-refractivity contribution >= 4 is 0 Å². The van der Waals surface area contributed by atoms with Crippen molar-refractivity contribution in [3.63, 3.8) is 0 Å². The molecule has 1 aromatic rings. The molecule has 0 spiro atoms. The molecule has 1 aliphatic rings. The van der Waals surface area contributed by atoms with E-state index in [1.54, 1.807) is 12.1 Å². The van der Waals surface area contributed by atoms with Gasteiger partial charge in [0.25, 0.3) is 0 Å². The zero-order valence-corrected chi connectivity index (χ0v) is 11.9. The maximum atomic E-state index is 12.2. The van der Waals surface area contributed by atoms with Crippen molar-refractivity contribution in [2.45, 2.75) is 44.6 Å². The molecule has 0 aromatic heterocycles. The van der Waals surface area contributed by atoms with Crippen LogP contribution in [0.2, 0.25) is 0 Å². The van der Waals surface area contributed by atoms with Crippen molar-refractivity contribution in [2.75, 3.05) is 6.61 Å². The van der Waals surface area contributed by atoms with Crippen molar-refractivity contribution in [2.24, 2.45) is 5.92 Å². The van der Waals surface area contributed by atoms with Gasteiger partial charge in [-0.3, -0.25) is 0 Å². The van der Waals surface area contributed by atoms with E-state index in [0.29, 0.717) is 12.3 Å². The second kappa shape index (κ2) is 6.66. The van der Waals surface area contributed by atoms with Gasteiger partial charge in [0, 0.05) is 18.7 Å². The van der Waals surface area contributed by atoms with Gasteiger partial charge in [0.15, 0.2) is 0 Å². The summed E-state index contributed by atoms with van der Waals surface area (Å²) in [6.45, 7) is 2.01. The third-order valence-electron chi connectivity index (χ3n) is 3.69. The third kappa shape index (κ3) is 5.21. The molecule has 1 aromatic carbocycles. The molecule has 0 heterocycles. The Hall–Kier alpha value is -1.27. The predicted octanol–water partition coefficient (Wildman–Crippen LogP) is 3.40. The molecule has 0 bridgehead atoms. The Kier molecular flexibility index (Phi) is 5.11. The predicted molar refractivity (Wildman–Crippen MR) is 72.9 cm³/mol. The molecule has 0 radical (unpaired) electrons. The first kappa shape index (κ1) is 16.1. The molecule has 1 aliphatic carbocycles.